The Morgan fingerprint density at radius 3 is 2.44 bits per heavy atom. The Balaban J connectivity index is 0.000000385. The zero-order valence-corrected chi connectivity index (χ0v) is 9.28. The van der Waals surface area contributed by atoms with Gasteiger partial charge in [-0.3, -0.25) is 10.2 Å². The Hall–Kier alpha value is -2.24. The molecule has 0 fully saturated rings. The summed E-state index contributed by atoms with van der Waals surface area (Å²) >= 11 is 0. The number of esters is 1. The largest absolute Gasteiger partial charge is 0.469 e. The van der Waals surface area contributed by atoms with Crippen molar-refractivity contribution in [3.8, 4) is 0 Å². The molecule has 0 amide bonds. The molecule has 0 heterocycles. The summed E-state index contributed by atoms with van der Waals surface area (Å²) in [5.41, 5.74) is 12.0. The van der Waals surface area contributed by atoms with Crippen molar-refractivity contribution in [2.24, 2.45) is 5.73 Å². The van der Waals surface area contributed by atoms with Crippen molar-refractivity contribution in [2.75, 3.05) is 18.2 Å². The predicted molar refractivity (Wildman–Crippen MR) is 64.1 cm³/mol. The van der Waals surface area contributed by atoms with E-state index in [0.717, 1.165) is 5.69 Å². The SMILES string of the molecule is COC(C)=O.N=C(N)Nc1cccc(N)c1. The Morgan fingerprint density at radius 1 is 1.50 bits per heavy atom. The van der Waals surface area contributed by atoms with Gasteiger partial charge in [-0.25, -0.2) is 0 Å². The highest BCUT2D eigenvalue weighted by molar-refractivity contribution is 5.90. The van der Waals surface area contributed by atoms with Gasteiger partial charge in [0, 0.05) is 18.3 Å². The van der Waals surface area contributed by atoms with E-state index < -0.39 is 0 Å². The number of hydrogen-bond donors (Lipinski definition) is 4. The van der Waals surface area contributed by atoms with Crippen LogP contribution in [0.3, 0.4) is 0 Å². The van der Waals surface area contributed by atoms with Crippen LogP contribution in [0.25, 0.3) is 0 Å². The molecule has 6 nitrogen and oxygen atoms in total. The Bertz CT molecular complexity index is 366. The number of rotatable bonds is 1. The van der Waals surface area contributed by atoms with Crippen LogP contribution in [0.4, 0.5) is 11.4 Å². The van der Waals surface area contributed by atoms with Crippen LogP contribution in [0.15, 0.2) is 24.3 Å². The van der Waals surface area contributed by atoms with Crippen LogP contribution in [0.1, 0.15) is 6.92 Å². The van der Waals surface area contributed by atoms with Crippen molar-refractivity contribution in [2.45, 2.75) is 6.92 Å². The van der Waals surface area contributed by atoms with E-state index in [1.165, 1.54) is 14.0 Å². The Morgan fingerprint density at radius 2 is 2.06 bits per heavy atom. The minimum absolute atomic E-state index is 0.0874. The lowest BCUT2D eigenvalue weighted by molar-refractivity contribution is -0.137. The molecule has 0 bridgehead atoms. The lowest BCUT2D eigenvalue weighted by Gasteiger charge is -2.02. The van der Waals surface area contributed by atoms with Gasteiger partial charge >= 0.3 is 5.97 Å². The molecule has 1 aromatic rings. The monoisotopic (exact) mass is 224 g/mol. The smallest absolute Gasteiger partial charge is 0.302 e. The van der Waals surface area contributed by atoms with Crippen molar-refractivity contribution in [1.82, 2.24) is 0 Å². The summed E-state index contributed by atoms with van der Waals surface area (Å²) in [5.74, 6) is -0.333. The van der Waals surface area contributed by atoms with Gasteiger partial charge in [0.2, 0.25) is 0 Å². The summed E-state index contributed by atoms with van der Waals surface area (Å²) in [6.45, 7) is 1.36. The van der Waals surface area contributed by atoms with Gasteiger partial charge in [-0.15, -0.1) is 0 Å². The number of carbonyl (C=O) groups is 1. The molecule has 0 spiro atoms. The second-order valence-electron chi connectivity index (χ2n) is 2.86. The van der Waals surface area contributed by atoms with E-state index in [0.29, 0.717) is 5.69 Å². The number of nitrogen functional groups attached to an aromatic ring is 1. The molecular weight excluding hydrogens is 208 g/mol. The number of guanidine groups is 1. The fraction of sp³-hybridized carbons (Fsp3) is 0.200. The first-order valence-corrected chi connectivity index (χ1v) is 4.47. The molecule has 0 unspecified atom stereocenters. The van der Waals surface area contributed by atoms with E-state index in [1.54, 1.807) is 24.3 Å². The second-order valence-corrected chi connectivity index (χ2v) is 2.86. The zero-order chi connectivity index (χ0) is 12.6. The highest BCUT2D eigenvalue weighted by atomic mass is 16.5. The minimum Gasteiger partial charge on any atom is -0.469 e. The quantitative estimate of drug-likeness (QED) is 0.243. The number of nitrogens with two attached hydrogens (primary N) is 2. The summed E-state index contributed by atoms with van der Waals surface area (Å²) in [5, 5.41) is 9.55. The summed E-state index contributed by atoms with van der Waals surface area (Å²) in [6, 6.07) is 7.06. The van der Waals surface area contributed by atoms with Gasteiger partial charge < -0.3 is 21.5 Å². The van der Waals surface area contributed by atoms with E-state index in [2.05, 4.69) is 10.1 Å². The fourth-order valence-corrected chi connectivity index (χ4v) is 0.772. The third kappa shape index (κ3) is 7.19. The van der Waals surface area contributed by atoms with Crippen LogP contribution < -0.4 is 16.8 Å². The number of carbonyl (C=O) groups excluding carboxylic acids is 1. The van der Waals surface area contributed by atoms with E-state index in [9.17, 15) is 4.79 Å². The number of nitrogens with one attached hydrogen (secondary N) is 2. The van der Waals surface area contributed by atoms with E-state index >= 15 is 0 Å². The average Bonchev–Trinajstić information content (AvgIpc) is 2.17. The van der Waals surface area contributed by atoms with Gasteiger partial charge in [0.25, 0.3) is 0 Å². The first-order valence-electron chi connectivity index (χ1n) is 4.47. The van der Waals surface area contributed by atoms with Crippen molar-refractivity contribution >= 4 is 23.3 Å². The molecule has 88 valence electrons. The van der Waals surface area contributed by atoms with Crippen LogP contribution >= 0.6 is 0 Å². The van der Waals surface area contributed by atoms with E-state index in [4.69, 9.17) is 16.9 Å². The van der Waals surface area contributed by atoms with Gasteiger partial charge in [0.15, 0.2) is 5.96 Å². The highest BCUT2D eigenvalue weighted by Gasteiger charge is 1.91. The van der Waals surface area contributed by atoms with Crippen molar-refractivity contribution in [1.29, 1.82) is 5.41 Å². The number of benzene rings is 1. The molecule has 0 aliphatic heterocycles. The third-order valence-corrected chi connectivity index (χ3v) is 1.45. The van der Waals surface area contributed by atoms with E-state index in [-0.39, 0.29) is 11.9 Å². The molecule has 0 aliphatic carbocycles. The molecule has 0 atom stereocenters. The van der Waals surface area contributed by atoms with Crippen LogP contribution in [0.2, 0.25) is 0 Å². The maximum atomic E-state index is 9.59. The fourth-order valence-electron chi connectivity index (χ4n) is 0.772. The molecule has 0 radical (unpaired) electrons. The molecular formula is C10H16N4O2. The summed E-state index contributed by atoms with van der Waals surface area (Å²) < 4.78 is 4.11. The number of methoxy groups -OCH3 is 1. The maximum absolute atomic E-state index is 9.59. The lowest BCUT2D eigenvalue weighted by atomic mass is 10.3. The summed E-state index contributed by atoms with van der Waals surface area (Å²) in [7, 11) is 1.35. The first kappa shape index (κ1) is 13.8. The van der Waals surface area contributed by atoms with Gasteiger partial charge in [-0.05, 0) is 18.2 Å². The molecule has 6 heteroatoms. The summed E-state index contributed by atoms with van der Waals surface area (Å²) in [4.78, 5) is 9.59. The van der Waals surface area contributed by atoms with Crippen LogP contribution in [-0.2, 0) is 9.53 Å². The molecule has 16 heavy (non-hydrogen) atoms. The van der Waals surface area contributed by atoms with Gasteiger partial charge in [0.05, 0.1) is 7.11 Å². The van der Waals surface area contributed by atoms with Gasteiger partial charge in [-0.1, -0.05) is 6.07 Å². The molecule has 1 aromatic carbocycles. The molecule has 0 saturated carbocycles. The molecule has 0 aromatic heterocycles. The third-order valence-electron chi connectivity index (χ3n) is 1.45. The molecule has 1 rings (SSSR count). The van der Waals surface area contributed by atoms with Gasteiger partial charge in [0.1, 0.15) is 0 Å². The number of anilines is 2. The lowest BCUT2D eigenvalue weighted by Crippen LogP contribution is -2.20. The number of ether oxygens (including phenoxy) is 1. The molecule has 6 N–H and O–H groups in total. The molecule has 0 aliphatic rings. The van der Waals surface area contributed by atoms with Crippen LogP contribution in [-0.4, -0.2) is 19.0 Å². The normalized spacial score (nSPS) is 8.38. The number of hydrogen-bond acceptors (Lipinski definition) is 4. The maximum Gasteiger partial charge on any atom is 0.302 e. The second kappa shape index (κ2) is 7.10. The van der Waals surface area contributed by atoms with Gasteiger partial charge in [-0.2, -0.15) is 0 Å². The topological polar surface area (TPSA) is 114 Å². The van der Waals surface area contributed by atoms with E-state index in [1.807, 2.05) is 0 Å². The van der Waals surface area contributed by atoms with Crippen molar-refractivity contribution in [3.05, 3.63) is 24.3 Å². The predicted octanol–water partition coefficient (Wildman–Crippen LogP) is 0.753. The molecule has 0 saturated heterocycles. The minimum atomic E-state index is -0.245. The average molecular weight is 224 g/mol. The Kier molecular flexibility index (Phi) is 6.11. The standard InChI is InChI=1S/C7H10N4.C3H6O2/c8-5-2-1-3-6(4-5)11-7(9)10;1-3(4)5-2/h1-4H,8H2,(H4,9,10,11);1-2H3. The van der Waals surface area contributed by atoms with Crippen molar-refractivity contribution < 1.29 is 9.53 Å². The van der Waals surface area contributed by atoms with Crippen molar-refractivity contribution in [3.63, 3.8) is 0 Å². The summed E-state index contributed by atoms with van der Waals surface area (Å²) in [6.07, 6.45) is 0. The first-order chi connectivity index (χ1) is 7.45. The van der Waals surface area contributed by atoms with Crippen LogP contribution in [0, 0.1) is 5.41 Å². The highest BCUT2D eigenvalue weighted by Crippen LogP contribution is 2.10. The van der Waals surface area contributed by atoms with Crippen LogP contribution in [0.5, 0.6) is 0 Å². The zero-order valence-electron chi connectivity index (χ0n) is 9.28. The Labute approximate surface area is 94.1 Å².